The highest BCUT2D eigenvalue weighted by Crippen LogP contribution is 2.13. The van der Waals surface area contributed by atoms with Crippen molar-refractivity contribution < 1.29 is 14.3 Å². The number of amides is 1. The highest BCUT2D eigenvalue weighted by Gasteiger charge is 2.26. The van der Waals surface area contributed by atoms with Crippen LogP contribution in [0.5, 0.6) is 0 Å². The van der Waals surface area contributed by atoms with Crippen LogP contribution in [0.25, 0.3) is 0 Å². The molecular weight excluding hydrogens is 194 g/mol. The maximum absolute atomic E-state index is 11.6. The van der Waals surface area contributed by atoms with Crippen molar-refractivity contribution in [3.05, 3.63) is 0 Å². The van der Waals surface area contributed by atoms with E-state index in [1.165, 1.54) is 0 Å². The van der Waals surface area contributed by atoms with Gasteiger partial charge in [0.1, 0.15) is 6.04 Å². The lowest BCUT2D eigenvalue weighted by molar-refractivity contribution is -0.148. The summed E-state index contributed by atoms with van der Waals surface area (Å²) in [6.45, 7) is 9.34. The summed E-state index contributed by atoms with van der Waals surface area (Å²) in [5.41, 5.74) is -0.486. The average molecular weight is 215 g/mol. The lowest BCUT2D eigenvalue weighted by Crippen LogP contribution is -2.46. The van der Waals surface area contributed by atoms with Crippen LogP contribution in [0.2, 0.25) is 0 Å². The van der Waals surface area contributed by atoms with Gasteiger partial charge in [-0.05, 0) is 13.3 Å². The molecule has 0 fully saturated rings. The number of esters is 1. The van der Waals surface area contributed by atoms with Gasteiger partial charge in [0.05, 0.1) is 6.61 Å². The molecule has 4 heteroatoms. The van der Waals surface area contributed by atoms with Gasteiger partial charge in [-0.2, -0.15) is 0 Å². The third-order valence-corrected chi connectivity index (χ3v) is 1.97. The summed E-state index contributed by atoms with van der Waals surface area (Å²) in [5, 5.41) is 2.68. The molecule has 1 atom stereocenters. The van der Waals surface area contributed by atoms with E-state index in [1.54, 1.807) is 27.7 Å². The second-order valence-corrected chi connectivity index (χ2v) is 4.44. The van der Waals surface area contributed by atoms with Crippen molar-refractivity contribution in [1.82, 2.24) is 5.32 Å². The highest BCUT2D eigenvalue weighted by atomic mass is 16.5. The molecule has 0 aliphatic carbocycles. The van der Waals surface area contributed by atoms with Crippen LogP contribution in [0.3, 0.4) is 0 Å². The Balaban J connectivity index is 4.34. The van der Waals surface area contributed by atoms with E-state index >= 15 is 0 Å². The molecule has 88 valence electrons. The van der Waals surface area contributed by atoms with Crippen molar-refractivity contribution >= 4 is 11.9 Å². The number of hydrogen-bond acceptors (Lipinski definition) is 3. The quantitative estimate of drug-likeness (QED) is 0.723. The van der Waals surface area contributed by atoms with Crippen molar-refractivity contribution in [3.63, 3.8) is 0 Å². The van der Waals surface area contributed by atoms with Crippen LogP contribution >= 0.6 is 0 Å². The maximum atomic E-state index is 11.6. The first-order valence-corrected chi connectivity index (χ1v) is 5.30. The van der Waals surface area contributed by atoms with Crippen LogP contribution in [0.1, 0.15) is 41.0 Å². The number of rotatable bonds is 4. The molecule has 0 spiro atoms. The summed E-state index contributed by atoms with van der Waals surface area (Å²) < 4.78 is 4.85. The van der Waals surface area contributed by atoms with Gasteiger partial charge < -0.3 is 10.1 Å². The topological polar surface area (TPSA) is 55.4 Å². The van der Waals surface area contributed by atoms with Gasteiger partial charge >= 0.3 is 5.97 Å². The van der Waals surface area contributed by atoms with Crippen molar-refractivity contribution in [1.29, 1.82) is 0 Å². The zero-order chi connectivity index (χ0) is 12.1. The van der Waals surface area contributed by atoms with E-state index in [2.05, 4.69) is 5.32 Å². The summed E-state index contributed by atoms with van der Waals surface area (Å²) in [6, 6.07) is -0.531. The fourth-order valence-corrected chi connectivity index (χ4v) is 0.945. The Labute approximate surface area is 91.4 Å². The molecule has 0 bridgehead atoms. The fourth-order valence-electron chi connectivity index (χ4n) is 0.945. The predicted octanol–water partition coefficient (Wildman–Crippen LogP) is 1.49. The van der Waals surface area contributed by atoms with Gasteiger partial charge in [0.15, 0.2) is 0 Å². The standard InChI is InChI=1S/C11H21NO3/c1-6-8(9(13)15-7-2)12-10(14)11(3,4)5/h8H,6-7H2,1-5H3,(H,12,14)/t8-/m0/s1. The van der Waals surface area contributed by atoms with Crippen LogP contribution in [-0.4, -0.2) is 24.5 Å². The van der Waals surface area contributed by atoms with Gasteiger partial charge in [0, 0.05) is 5.41 Å². The largest absolute Gasteiger partial charge is 0.464 e. The zero-order valence-corrected chi connectivity index (χ0v) is 10.2. The molecule has 0 saturated carbocycles. The van der Waals surface area contributed by atoms with E-state index in [1.807, 2.05) is 6.92 Å². The molecule has 1 amide bonds. The molecule has 0 rings (SSSR count). The molecule has 0 aromatic rings. The van der Waals surface area contributed by atoms with Crippen molar-refractivity contribution in [2.24, 2.45) is 5.41 Å². The molecule has 15 heavy (non-hydrogen) atoms. The summed E-state index contributed by atoms with van der Waals surface area (Å²) in [4.78, 5) is 23.0. The molecule has 0 aliphatic heterocycles. The second kappa shape index (κ2) is 5.73. The fraction of sp³-hybridized carbons (Fsp3) is 0.818. The Bertz CT molecular complexity index is 230. The summed E-state index contributed by atoms with van der Waals surface area (Å²) >= 11 is 0. The molecule has 0 radical (unpaired) electrons. The first-order valence-electron chi connectivity index (χ1n) is 5.30. The lowest BCUT2D eigenvalue weighted by atomic mass is 9.95. The molecule has 0 aliphatic rings. The third kappa shape index (κ3) is 4.81. The van der Waals surface area contributed by atoms with Crippen LogP contribution in [-0.2, 0) is 14.3 Å². The molecule has 4 nitrogen and oxygen atoms in total. The number of hydrogen-bond donors (Lipinski definition) is 1. The molecule has 1 N–H and O–H groups in total. The number of nitrogens with one attached hydrogen (secondary N) is 1. The summed E-state index contributed by atoms with van der Waals surface area (Å²) in [5.74, 6) is -0.500. The van der Waals surface area contributed by atoms with Gasteiger partial charge in [0.25, 0.3) is 0 Å². The van der Waals surface area contributed by atoms with Crippen LogP contribution in [0.4, 0.5) is 0 Å². The minimum absolute atomic E-state index is 0.137. The molecule has 0 heterocycles. The van der Waals surface area contributed by atoms with Crippen molar-refractivity contribution in [2.75, 3.05) is 6.61 Å². The Hall–Kier alpha value is -1.06. The lowest BCUT2D eigenvalue weighted by Gasteiger charge is -2.22. The van der Waals surface area contributed by atoms with E-state index in [-0.39, 0.29) is 11.9 Å². The van der Waals surface area contributed by atoms with Crippen LogP contribution in [0.15, 0.2) is 0 Å². The Morgan fingerprint density at radius 1 is 1.27 bits per heavy atom. The second-order valence-electron chi connectivity index (χ2n) is 4.44. The molecular formula is C11H21NO3. The van der Waals surface area contributed by atoms with Gasteiger partial charge in [0.2, 0.25) is 5.91 Å². The number of carbonyl (C=O) groups is 2. The number of carbonyl (C=O) groups excluding carboxylic acids is 2. The van der Waals surface area contributed by atoms with Crippen LogP contribution in [0, 0.1) is 5.41 Å². The van der Waals surface area contributed by atoms with Gasteiger partial charge in [-0.1, -0.05) is 27.7 Å². The zero-order valence-electron chi connectivity index (χ0n) is 10.2. The van der Waals surface area contributed by atoms with Crippen molar-refractivity contribution in [3.8, 4) is 0 Å². The van der Waals surface area contributed by atoms with Gasteiger partial charge in [-0.15, -0.1) is 0 Å². The van der Waals surface area contributed by atoms with E-state index in [0.717, 1.165) is 0 Å². The monoisotopic (exact) mass is 215 g/mol. The van der Waals surface area contributed by atoms with Gasteiger partial charge in [-0.25, -0.2) is 4.79 Å². The van der Waals surface area contributed by atoms with Gasteiger partial charge in [-0.3, -0.25) is 4.79 Å². The maximum Gasteiger partial charge on any atom is 0.328 e. The van der Waals surface area contributed by atoms with E-state index in [0.29, 0.717) is 13.0 Å². The molecule has 0 saturated heterocycles. The van der Waals surface area contributed by atoms with Crippen LogP contribution < -0.4 is 5.32 Å². The molecule has 0 aromatic carbocycles. The van der Waals surface area contributed by atoms with E-state index < -0.39 is 11.5 Å². The summed E-state index contributed by atoms with van der Waals surface area (Å²) in [6.07, 6.45) is 0.542. The number of ether oxygens (including phenoxy) is 1. The minimum atomic E-state index is -0.531. The Kier molecular flexibility index (Phi) is 5.33. The smallest absolute Gasteiger partial charge is 0.328 e. The summed E-state index contributed by atoms with van der Waals surface area (Å²) in [7, 11) is 0. The predicted molar refractivity (Wildman–Crippen MR) is 58.3 cm³/mol. The Morgan fingerprint density at radius 3 is 2.13 bits per heavy atom. The average Bonchev–Trinajstić information content (AvgIpc) is 2.12. The van der Waals surface area contributed by atoms with E-state index in [4.69, 9.17) is 4.74 Å². The first kappa shape index (κ1) is 13.9. The van der Waals surface area contributed by atoms with Crippen molar-refractivity contribution in [2.45, 2.75) is 47.1 Å². The minimum Gasteiger partial charge on any atom is -0.464 e. The highest BCUT2D eigenvalue weighted by molar-refractivity contribution is 5.87. The third-order valence-electron chi connectivity index (χ3n) is 1.97. The Morgan fingerprint density at radius 2 is 1.80 bits per heavy atom. The SMILES string of the molecule is CCOC(=O)[C@H](CC)NC(=O)C(C)(C)C. The first-order chi connectivity index (χ1) is 6.82. The molecule has 0 aromatic heterocycles. The normalized spacial score (nSPS) is 13.1. The van der Waals surface area contributed by atoms with E-state index in [9.17, 15) is 9.59 Å². The molecule has 0 unspecified atom stereocenters.